The van der Waals surface area contributed by atoms with Crippen LogP contribution in [0.1, 0.15) is 56.2 Å². The molecule has 0 aliphatic heterocycles. The van der Waals surface area contributed by atoms with E-state index < -0.39 is 5.60 Å². The van der Waals surface area contributed by atoms with Crippen LogP contribution in [0.4, 0.5) is 0 Å². The number of rotatable bonds is 5. The molecule has 1 N–H and O–H groups in total. The van der Waals surface area contributed by atoms with Gasteiger partial charge < -0.3 is 9.63 Å². The molecule has 0 amide bonds. The Bertz CT molecular complexity index is 408. The van der Waals surface area contributed by atoms with E-state index >= 15 is 0 Å². The Balaban J connectivity index is 1.54. The lowest BCUT2D eigenvalue weighted by atomic mass is 10.0. The van der Waals surface area contributed by atoms with E-state index in [-0.39, 0.29) is 0 Å². The molecule has 0 spiro atoms. The Labute approximate surface area is 107 Å². The molecule has 2 aliphatic carbocycles. The van der Waals surface area contributed by atoms with E-state index in [4.69, 9.17) is 4.52 Å². The zero-order valence-electron chi connectivity index (χ0n) is 10.9. The number of hydrogen-bond donors (Lipinski definition) is 1. The second kappa shape index (κ2) is 4.63. The van der Waals surface area contributed by atoms with Crippen LogP contribution < -0.4 is 0 Å². The van der Waals surface area contributed by atoms with Crippen molar-refractivity contribution in [3.8, 4) is 0 Å². The molecule has 1 heterocycles. The molecule has 100 valence electrons. The average molecular weight is 251 g/mol. The van der Waals surface area contributed by atoms with Gasteiger partial charge >= 0.3 is 0 Å². The molecule has 0 saturated heterocycles. The van der Waals surface area contributed by atoms with Crippen molar-refractivity contribution in [2.24, 2.45) is 0 Å². The third-order valence-corrected chi connectivity index (χ3v) is 3.92. The van der Waals surface area contributed by atoms with Crippen LogP contribution >= 0.6 is 0 Å². The van der Waals surface area contributed by atoms with Gasteiger partial charge in [0.2, 0.25) is 5.89 Å². The standard InChI is InChI=1S/C13H21N3O2/c1-16(9-13(17)6-2-3-7-13)8-11-14-12(18-15-11)10-4-5-10/h10,17H,2-9H2,1H3. The first-order valence-electron chi connectivity index (χ1n) is 6.88. The van der Waals surface area contributed by atoms with Crippen molar-refractivity contribution in [1.82, 2.24) is 15.0 Å². The van der Waals surface area contributed by atoms with Crippen LogP contribution in [0.3, 0.4) is 0 Å². The van der Waals surface area contributed by atoms with Crippen LogP contribution in [-0.2, 0) is 6.54 Å². The maximum atomic E-state index is 10.3. The van der Waals surface area contributed by atoms with Crippen molar-refractivity contribution in [3.05, 3.63) is 11.7 Å². The first-order chi connectivity index (χ1) is 8.65. The Kier molecular flexibility index (Phi) is 3.11. The molecule has 0 radical (unpaired) electrons. The van der Waals surface area contributed by atoms with Crippen LogP contribution in [-0.4, -0.2) is 39.3 Å². The maximum absolute atomic E-state index is 10.3. The van der Waals surface area contributed by atoms with Crippen molar-refractivity contribution >= 4 is 0 Å². The number of likely N-dealkylation sites (N-methyl/N-ethyl adjacent to an activating group) is 1. The van der Waals surface area contributed by atoms with Crippen molar-refractivity contribution in [2.75, 3.05) is 13.6 Å². The van der Waals surface area contributed by atoms with Gasteiger partial charge in [-0.1, -0.05) is 18.0 Å². The molecule has 5 nitrogen and oxygen atoms in total. The Hall–Kier alpha value is -0.940. The maximum Gasteiger partial charge on any atom is 0.229 e. The number of aliphatic hydroxyl groups is 1. The van der Waals surface area contributed by atoms with Gasteiger partial charge in [-0.25, -0.2) is 0 Å². The summed E-state index contributed by atoms with van der Waals surface area (Å²) in [4.78, 5) is 6.50. The van der Waals surface area contributed by atoms with E-state index in [0.717, 1.165) is 37.4 Å². The predicted octanol–water partition coefficient (Wildman–Crippen LogP) is 1.68. The largest absolute Gasteiger partial charge is 0.389 e. The average Bonchev–Trinajstić information content (AvgIpc) is 2.93. The second-order valence-corrected chi connectivity index (χ2v) is 5.93. The first kappa shape index (κ1) is 12.1. The second-order valence-electron chi connectivity index (χ2n) is 5.93. The first-order valence-corrected chi connectivity index (χ1v) is 6.88. The summed E-state index contributed by atoms with van der Waals surface area (Å²) in [7, 11) is 2.00. The summed E-state index contributed by atoms with van der Waals surface area (Å²) in [5.74, 6) is 2.04. The van der Waals surface area contributed by atoms with Gasteiger partial charge in [-0.3, -0.25) is 4.90 Å². The number of aromatic nitrogens is 2. The summed E-state index contributed by atoms with van der Waals surface area (Å²) in [6.07, 6.45) is 6.46. The fourth-order valence-electron chi connectivity index (χ4n) is 2.82. The van der Waals surface area contributed by atoms with Crippen molar-refractivity contribution in [1.29, 1.82) is 0 Å². The van der Waals surface area contributed by atoms with Gasteiger partial charge in [-0.05, 0) is 32.7 Å². The highest BCUT2D eigenvalue weighted by Crippen LogP contribution is 2.38. The van der Waals surface area contributed by atoms with Gasteiger partial charge in [0, 0.05) is 12.5 Å². The van der Waals surface area contributed by atoms with Crippen molar-refractivity contribution in [2.45, 2.75) is 56.6 Å². The lowest BCUT2D eigenvalue weighted by Crippen LogP contribution is -2.38. The fourth-order valence-corrected chi connectivity index (χ4v) is 2.82. The molecule has 3 rings (SSSR count). The molecule has 0 atom stereocenters. The normalized spacial score (nSPS) is 22.8. The summed E-state index contributed by atoms with van der Waals surface area (Å²) in [6, 6.07) is 0. The highest BCUT2D eigenvalue weighted by atomic mass is 16.5. The monoisotopic (exact) mass is 251 g/mol. The minimum atomic E-state index is -0.502. The lowest BCUT2D eigenvalue weighted by molar-refractivity contribution is 0.0138. The van der Waals surface area contributed by atoms with Gasteiger partial charge in [0.05, 0.1) is 12.1 Å². The molecule has 0 unspecified atom stereocenters. The van der Waals surface area contributed by atoms with Gasteiger partial charge in [-0.2, -0.15) is 4.98 Å². The Morgan fingerprint density at radius 3 is 2.78 bits per heavy atom. The van der Waals surface area contributed by atoms with E-state index in [0.29, 0.717) is 19.0 Å². The van der Waals surface area contributed by atoms with Gasteiger partial charge in [0.25, 0.3) is 0 Å². The quantitative estimate of drug-likeness (QED) is 0.862. The topological polar surface area (TPSA) is 62.4 Å². The SMILES string of the molecule is CN(Cc1noc(C2CC2)n1)CC1(O)CCCC1. The Morgan fingerprint density at radius 2 is 2.11 bits per heavy atom. The highest BCUT2D eigenvalue weighted by molar-refractivity contribution is 5.01. The molecule has 2 fully saturated rings. The lowest BCUT2D eigenvalue weighted by Gasteiger charge is -2.27. The minimum Gasteiger partial charge on any atom is -0.389 e. The summed E-state index contributed by atoms with van der Waals surface area (Å²) < 4.78 is 5.23. The number of hydrogen-bond acceptors (Lipinski definition) is 5. The van der Waals surface area contributed by atoms with Crippen LogP contribution in [0.5, 0.6) is 0 Å². The summed E-state index contributed by atoms with van der Waals surface area (Å²) in [5, 5.41) is 14.3. The van der Waals surface area contributed by atoms with Gasteiger partial charge in [0.15, 0.2) is 5.82 Å². The van der Waals surface area contributed by atoms with Crippen LogP contribution in [0, 0.1) is 0 Å². The molecule has 2 aliphatic rings. The number of nitrogens with zero attached hydrogens (tertiary/aromatic N) is 3. The summed E-state index contributed by atoms with van der Waals surface area (Å²) >= 11 is 0. The predicted molar refractivity (Wildman–Crippen MR) is 66.0 cm³/mol. The highest BCUT2D eigenvalue weighted by Gasteiger charge is 2.33. The van der Waals surface area contributed by atoms with Gasteiger partial charge in [0.1, 0.15) is 0 Å². The van der Waals surface area contributed by atoms with Crippen LogP contribution in [0.2, 0.25) is 0 Å². The fraction of sp³-hybridized carbons (Fsp3) is 0.846. The molecular weight excluding hydrogens is 230 g/mol. The van der Waals surface area contributed by atoms with Gasteiger partial charge in [-0.15, -0.1) is 0 Å². The molecule has 1 aromatic heterocycles. The van der Waals surface area contributed by atoms with Crippen LogP contribution in [0.25, 0.3) is 0 Å². The van der Waals surface area contributed by atoms with Crippen molar-refractivity contribution in [3.63, 3.8) is 0 Å². The zero-order valence-corrected chi connectivity index (χ0v) is 10.9. The Morgan fingerprint density at radius 1 is 1.39 bits per heavy atom. The third-order valence-electron chi connectivity index (χ3n) is 3.92. The molecule has 1 aromatic rings. The minimum absolute atomic E-state index is 0.502. The third kappa shape index (κ3) is 2.72. The van der Waals surface area contributed by atoms with E-state index in [2.05, 4.69) is 15.0 Å². The van der Waals surface area contributed by atoms with E-state index in [1.807, 2.05) is 7.05 Å². The molecule has 2 saturated carbocycles. The van der Waals surface area contributed by atoms with E-state index in [9.17, 15) is 5.11 Å². The molecule has 5 heteroatoms. The molecule has 0 bridgehead atoms. The molecule has 18 heavy (non-hydrogen) atoms. The molecule has 0 aromatic carbocycles. The zero-order chi connectivity index (χ0) is 12.6. The summed E-state index contributed by atoms with van der Waals surface area (Å²) in [6.45, 7) is 1.35. The molecular formula is C13H21N3O2. The van der Waals surface area contributed by atoms with Crippen LogP contribution in [0.15, 0.2) is 4.52 Å². The van der Waals surface area contributed by atoms with E-state index in [1.165, 1.54) is 12.8 Å². The van der Waals surface area contributed by atoms with Crippen molar-refractivity contribution < 1.29 is 9.63 Å². The smallest absolute Gasteiger partial charge is 0.229 e. The summed E-state index contributed by atoms with van der Waals surface area (Å²) in [5.41, 5.74) is -0.502. The van der Waals surface area contributed by atoms with E-state index in [1.54, 1.807) is 0 Å².